The maximum absolute atomic E-state index is 13.2. The molecule has 0 spiro atoms. The van der Waals surface area contributed by atoms with Crippen molar-refractivity contribution in [2.24, 2.45) is 5.92 Å². The molecule has 2 N–H and O–H groups in total. The minimum Gasteiger partial charge on any atom is -0.444 e. The molecule has 1 saturated heterocycles. The number of likely N-dealkylation sites (tertiary alicyclic amines) is 1. The van der Waals surface area contributed by atoms with Gasteiger partial charge in [-0.05, 0) is 76.3 Å². The Morgan fingerprint density at radius 2 is 2.00 bits per heavy atom. The van der Waals surface area contributed by atoms with Crippen LogP contribution in [0.5, 0.6) is 0 Å². The molecule has 1 aliphatic carbocycles. The Hall–Kier alpha value is -2.98. The van der Waals surface area contributed by atoms with E-state index in [-0.39, 0.29) is 5.91 Å². The molecule has 1 aromatic carbocycles. The first-order valence-corrected chi connectivity index (χ1v) is 12.7. The normalized spacial score (nSPS) is 19.1. The maximum atomic E-state index is 13.2. The summed E-state index contributed by atoms with van der Waals surface area (Å²) in [6.07, 6.45) is 6.36. The number of imide groups is 1. The van der Waals surface area contributed by atoms with Crippen LogP contribution in [0.3, 0.4) is 0 Å². The van der Waals surface area contributed by atoms with E-state index in [2.05, 4.69) is 20.7 Å². The topological polar surface area (TPSA) is 118 Å². The molecular formula is C25H33ClN6O4. The van der Waals surface area contributed by atoms with Crippen LogP contribution in [0.4, 0.5) is 4.79 Å². The number of rotatable bonds is 8. The minimum absolute atomic E-state index is 0.367. The quantitative estimate of drug-likeness (QED) is 0.553. The van der Waals surface area contributed by atoms with Gasteiger partial charge in [0.05, 0.1) is 11.7 Å². The molecule has 10 nitrogen and oxygen atoms in total. The molecule has 194 valence electrons. The van der Waals surface area contributed by atoms with Gasteiger partial charge in [0.25, 0.3) is 0 Å². The van der Waals surface area contributed by atoms with Gasteiger partial charge in [-0.25, -0.2) is 14.5 Å². The van der Waals surface area contributed by atoms with E-state index < -0.39 is 29.7 Å². The molecule has 1 aromatic heterocycles. The number of hydrogen-bond acceptors (Lipinski definition) is 7. The Morgan fingerprint density at radius 1 is 1.22 bits per heavy atom. The number of alkyl carbamates (subject to hydrolysis) is 1. The van der Waals surface area contributed by atoms with Crippen LogP contribution in [-0.2, 0) is 20.9 Å². The number of ether oxygens (including phenoxy) is 1. The van der Waals surface area contributed by atoms with E-state index in [9.17, 15) is 14.4 Å². The SMILES string of the molecule is CC(C)(C)OC(=O)N[C@H](CC1CC1)C(=O)NC(=O)[C@@H]1CCCN1Cc1cc(Cl)ccc1-n1cncn1. The maximum Gasteiger partial charge on any atom is 0.408 e. The second kappa shape index (κ2) is 11.0. The van der Waals surface area contributed by atoms with Crippen molar-refractivity contribution in [1.82, 2.24) is 30.3 Å². The lowest BCUT2D eigenvalue weighted by Gasteiger charge is -2.26. The Bertz CT molecular complexity index is 1100. The molecule has 11 heteroatoms. The number of halogens is 1. The number of nitrogens with one attached hydrogen (secondary N) is 2. The lowest BCUT2D eigenvalue weighted by molar-refractivity contribution is -0.134. The summed E-state index contributed by atoms with van der Waals surface area (Å²) < 4.78 is 6.97. The average molecular weight is 517 g/mol. The second-order valence-corrected chi connectivity index (χ2v) is 10.9. The fourth-order valence-corrected chi connectivity index (χ4v) is 4.62. The molecule has 1 aliphatic heterocycles. The lowest BCUT2D eigenvalue weighted by Crippen LogP contribution is -2.53. The summed E-state index contributed by atoms with van der Waals surface area (Å²) in [5.41, 5.74) is 1.04. The molecule has 2 fully saturated rings. The van der Waals surface area contributed by atoms with Crippen LogP contribution in [0.15, 0.2) is 30.9 Å². The number of hydrogen-bond donors (Lipinski definition) is 2. The van der Waals surface area contributed by atoms with Crippen LogP contribution in [0.25, 0.3) is 5.69 Å². The van der Waals surface area contributed by atoms with Crippen LogP contribution in [0.1, 0.15) is 58.4 Å². The van der Waals surface area contributed by atoms with Crippen molar-refractivity contribution in [2.75, 3.05) is 6.54 Å². The fraction of sp³-hybridized carbons (Fsp3) is 0.560. The van der Waals surface area contributed by atoms with Gasteiger partial charge in [-0.3, -0.25) is 19.8 Å². The molecule has 0 unspecified atom stereocenters. The van der Waals surface area contributed by atoms with Gasteiger partial charge in [0.2, 0.25) is 11.8 Å². The van der Waals surface area contributed by atoms with E-state index in [1.54, 1.807) is 37.8 Å². The van der Waals surface area contributed by atoms with Gasteiger partial charge in [-0.1, -0.05) is 24.4 Å². The first-order chi connectivity index (χ1) is 17.1. The summed E-state index contributed by atoms with van der Waals surface area (Å²) in [5.74, 6) is -0.504. The highest BCUT2D eigenvalue weighted by molar-refractivity contribution is 6.30. The van der Waals surface area contributed by atoms with E-state index in [0.717, 1.165) is 30.5 Å². The summed E-state index contributed by atoms with van der Waals surface area (Å²) in [5, 5.41) is 10.00. The summed E-state index contributed by atoms with van der Waals surface area (Å²) in [7, 11) is 0. The predicted molar refractivity (Wildman–Crippen MR) is 133 cm³/mol. The number of amides is 3. The lowest BCUT2D eigenvalue weighted by atomic mass is 10.1. The molecular weight excluding hydrogens is 484 g/mol. The highest BCUT2D eigenvalue weighted by Crippen LogP contribution is 2.33. The van der Waals surface area contributed by atoms with Crippen molar-refractivity contribution in [3.8, 4) is 5.69 Å². The third kappa shape index (κ3) is 7.04. The summed E-state index contributed by atoms with van der Waals surface area (Å²) in [6, 6.07) is 4.21. The van der Waals surface area contributed by atoms with Crippen LogP contribution < -0.4 is 10.6 Å². The smallest absolute Gasteiger partial charge is 0.408 e. The third-order valence-corrected chi connectivity index (χ3v) is 6.50. The Labute approximate surface area is 215 Å². The van der Waals surface area contributed by atoms with Crippen molar-refractivity contribution < 1.29 is 19.1 Å². The Morgan fingerprint density at radius 3 is 2.67 bits per heavy atom. The zero-order chi connectivity index (χ0) is 25.9. The molecule has 0 radical (unpaired) electrons. The molecule has 2 heterocycles. The van der Waals surface area contributed by atoms with Crippen LogP contribution >= 0.6 is 11.6 Å². The van der Waals surface area contributed by atoms with Crippen LogP contribution in [-0.4, -0.2) is 61.8 Å². The molecule has 0 bridgehead atoms. The zero-order valence-corrected chi connectivity index (χ0v) is 21.6. The van der Waals surface area contributed by atoms with Crippen LogP contribution in [0, 0.1) is 5.92 Å². The number of aromatic nitrogens is 3. The molecule has 2 aliphatic rings. The van der Waals surface area contributed by atoms with Crippen molar-refractivity contribution >= 4 is 29.5 Å². The van der Waals surface area contributed by atoms with Gasteiger partial charge in [0.1, 0.15) is 24.3 Å². The molecule has 2 atom stereocenters. The zero-order valence-electron chi connectivity index (χ0n) is 20.9. The monoisotopic (exact) mass is 516 g/mol. The standard InChI is InChI=1S/C25H33ClN6O4/c1-25(2,3)36-24(35)29-19(11-16-6-7-16)22(33)30-23(34)21-5-4-10-31(21)13-17-12-18(26)8-9-20(17)32-15-27-14-28-32/h8-9,12,14-16,19,21H,4-7,10-11,13H2,1-3H3,(H,29,35)(H,30,33,34)/t19-,21+/m1/s1. The molecule has 1 saturated carbocycles. The van der Waals surface area contributed by atoms with Gasteiger partial charge >= 0.3 is 6.09 Å². The van der Waals surface area contributed by atoms with Gasteiger partial charge in [0, 0.05) is 11.6 Å². The van der Waals surface area contributed by atoms with Gasteiger partial charge < -0.3 is 10.1 Å². The first kappa shape index (κ1) is 26.1. The second-order valence-electron chi connectivity index (χ2n) is 10.5. The van der Waals surface area contributed by atoms with E-state index in [1.807, 2.05) is 17.0 Å². The van der Waals surface area contributed by atoms with E-state index in [4.69, 9.17) is 16.3 Å². The largest absolute Gasteiger partial charge is 0.444 e. The van der Waals surface area contributed by atoms with Gasteiger partial charge in [-0.15, -0.1) is 0 Å². The highest BCUT2D eigenvalue weighted by atomic mass is 35.5. The minimum atomic E-state index is -0.821. The van der Waals surface area contributed by atoms with Crippen molar-refractivity contribution in [3.05, 3.63) is 41.4 Å². The Balaban J connectivity index is 1.42. The molecule has 36 heavy (non-hydrogen) atoms. The summed E-state index contributed by atoms with van der Waals surface area (Å²) in [6.45, 7) is 6.44. The van der Waals surface area contributed by atoms with Gasteiger partial charge in [-0.2, -0.15) is 5.10 Å². The average Bonchev–Trinajstić information content (AvgIpc) is 3.23. The number of nitrogens with zero attached hydrogens (tertiary/aromatic N) is 4. The predicted octanol–water partition coefficient (Wildman–Crippen LogP) is 3.22. The van der Waals surface area contributed by atoms with Gasteiger partial charge in [0.15, 0.2) is 0 Å². The summed E-state index contributed by atoms with van der Waals surface area (Å²) >= 11 is 6.26. The van der Waals surface area contributed by atoms with Crippen molar-refractivity contribution in [2.45, 2.75) is 77.1 Å². The Kier molecular flexibility index (Phi) is 7.94. The van der Waals surface area contributed by atoms with Crippen molar-refractivity contribution in [3.63, 3.8) is 0 Å². The summed E-state index contributed by atoms with van der Waals surface area (Å²) in [4.78, 5) is 44.6. The highest BCUT2D eigenvalue weighted by Gasteiger charge is 2.36. The number of carbonyl (C=O) groups is 3. The van der Waals surface area contributed by atoms with E-state index in [0.29, 0.717) is 36.9 Å². The fourth-order valence-electron chi connectivity index (χ4n) is 4.43. The van der Waals surface area contributed by atoms with Crippen molar-refractivity contribution in [1.29, 1.82) is 0 Å². The van der Waals surface area contributed by atoms with Crippen LogP contribution in [0.2, 0.25) is 5.02 Å². The van der Waals surface area contributed by atoms with E-state index in [1.165, 1.54) is 6.33 Å². The first-order valence-electron chi connectivity index (χ1n) is 12.3. The molecule has 2 aromatic rings. The third-order valence-electron chi connectivity index (χ3n) is 6.27. The molecule has 3 amide bonds. The number of benzene rings is 1. The number of carbonyl (C=O) groups excluding carboxylic acids is 3. The molecule has 4 rings (SSSR count). The van der Waals surface area contributed by atoms with E-state index >= 15 is 0 Å².